The highest BCUT2D eigenvalue weighted by Gasteiger charge is 2.60. The average Bonchev–Trinajstić information content (AvgIpc) is 3.62. The quantitative estimate of drug-likeness (QED) is 0.683. The maximum Gasteiger partial charge on any atom is 0.226 e. The van der Waals surface area contributed by atoms with Crippen molar-refractivity contribution in [1.82, 2.24) is 15.3 Å². The number of nitrogens with one attached hydrogen (secondary N) is 1. The van der Waals surface area contributed by atoms with E-state index >= 15 is 0 Å². The maximum atomic E-state index is 13.2. The molecule has 1 N–H and O–H groups in total. The van der Waals surface area contributed by atoms with Gasteiger partial charge in [-0.15, -0.1) is 0 Å². The molecule has 5 rings (SSSR count). The van der Waals surface area contributed by atoms with Crippen LogP contribution in [0, 0.1) is 36.0 Å². The van der Waals surface area contributed by atoms with Crippen LogP contribution in [-0.4, -0.2) is 34.5 Å². The van der Waals surface area contributed by atoms with Gasteiger partial charge in [0.25, 0.3) is 0 Å². The van der Waals surface area contributed by atoms with Gasteiger partial charge >= 0.3 is 0 Å². The Bertz CT molecular complexity index is 853. The van der Waals surface area contributed by atoms with E-state index in [1.807, 2.05) is 0 Å². The first-order chi connectivity index (χ1) is 15.3. The molecule has 0 radical (unpaired) electrons. The predicted octanol–water partition coefficient (Wildman–Crippen LogP) is 5.23. The van der Waals surface area contributed by atoms with Crippen molar-refractivity contribution >= 4 is 11.9 Å². The van der Waals surface area contributed by atoms with Gasteiger partial charge in [-0.1, -0.05) is 27.7 Å². The first-order valence-electron chi connectivity index (χ1n) is 13.2. The minimum absolute atomic E-state index is 0.0249. The van der Waals surface area contributed by atoms with E-state index in [4.69, 9.17) is 9.97 Å². The van der Waals surface area contributed by atoms with Gasteiger partial charge < -0.3 is 10.2 Å². The van der Waals surface area contributed by atoms with Crippen molar-refractivity contribution in [2.45, 2.75) is 104 Å². The summed E-state index contributed by atoms with van der Waals surface area (Å²) in [5.41, 5.74) is 2.19. The molecule has 3 unspecified atom stereocenters. The summed E-state index contributed by atoms with van der Waals surface area (Å²) >= 11 is 0. The second-order valence-electron chi connectivity index (χ2n) is 12.1. The Kier molecular flexibility index (Phi) is 5.74. The van der Waals surface area contributed by atoms with Crippen LogP contribution in [0.1, 0.15) is 96.4 Å². The highest BCUT2D eigenvalue weighted by Crippen LogP contribution is 2.53. The molecule has 5 nitrogen and oxygen atoms in total. The summed E-state index contributed by atoms with van der Waals surface area (Å²) in [6.07, 6.45) is 9.91. The van der Waals surface area contributed by atoms with Gasteiger partial charge in [-0.05, 0) is 82.1 Å². The largest absolute Gasteiger partial charge is 0.352 e. The number of nitrogens with zero attached hydrogens (tertiary/aromatic N) is 3. The molecular weight excluding hydrogens is 396 g/mol. The third kappa shape index (κ3) is 3.94. The van der Waals surface area contributed by atoms with E-state index in [1.54, 1.807) is 0 Å². The van der Waals surface area contributed by atoms with Gasteiger partial charge in [0, 0.05) is 47.3 Å². The first-order valence-corrected chi connectivity index (χ1v) is 13.2. The van der Waals surface area contributed by atoms with Crippen LogP contribution in [0.3, 0.4) is 0 Å². The van der Waals surface area contributed by atoms with E-state index in [0.717, 1.165) is 55.0 Å². The molecule has 5 heteroatoms. The smallest absolute Gasteiger partial charge is 0.226 e. The van der Waals surface area contributed by atoms with Crippen LogP contribution < -0.4 is 10.2 Å². The molecule has 1 aromatic heterocycles. The van der Waals surface area contributed by atoms with E-state index in [2.05, 4.69) is 50.9 Å². The SMILES string of the molecule is Cc1cc(C(C)C)nc(N2CCCC3C(NC(=O)C4CCC(C5CC5)CC4)C(C)(C)C32)n1. The van der Waals surface area contributed by atoms with Gasteiger partial charge in [0.05, 0.1) is 0 Å². The van der Waals surface area contributed by atoms with E-state index in [9.17, 15) is 4.79 Å². The number of anilines is 1. The molecular formula is C27H42N4O. The number of fused-ring (bicyclic) bond motifs is 1. The second kappa shape index (κ2) is 8.29. The van der Waals surface area contributed by atoms with Gasteiger partial charge in [0.1, 0.15) is 0 Å². The first kappa shape index (κ1) is 22.2. The summed E-state index contributed by atoms with van der Waals surface area (Å²) in [4.78, 5) is 25.5. The minimum atomic E-state index is 0.0249. The van der Waals surface area contributed by atoms with E-state index in [1.165, 1.54) is 32.1 Å². The standard InChI is InChI=1S/C27H42N4O/c1-16(2)22-15-17(3)28-26(29-22)31-14-6-7-21-23(27(4,5)24(21)31)30-25(32)20-12-10-19(11-13-20)18-8-9-18/h15-16,18-21,23-24H,6-14H2,1-5H3,(H,30,32). The number of hydrogen-bond acceptors (Lipinski definition) is 4. The van der Waals surface area contributed by atoms with Gasteiger partial charge in [0.15, 0.2) is 0 Å². The fourth-order valence-electron chi connectivity index (χ4n) is 7.15. The zero-order valence-electron chi connectivity index (χ0n) is 20.7. The van der Waals surface area contributed by atoms with Crippen molar-refractivity contribution in [3.63, 3.8) is 0 Å². The number of aryl methyl sites for hydroxylation is 1. The molecule has 4 aliphatic rings. The fraction of sp³-hybridized carbons (Fsp3) is 0.815. The molecule has 2 heterocycles. The predicted molar refractivity (Wildman–Crippen MR) is 129 cm³/mol. The highest BCUT2D eigenvalue weighted by molar-refractivity contribution is 5.79. The number of amides is 1. The Balaban J connectivity index is 1.27. The monoisotopic (exact) mass is 438 g/mol. The Morgan fingerprint density at radius 2 is 1.72 bits per heavy atom. The Morgan fingerprint density at radius 1 is 1.06 bits per heavy atom. The Labute approximate surface area is 194 Å². The molecule has 0 aromatic carbocycles. The Morgan fingerprint density at radius 3 is 2.34 bits per heavy atom. The second-order valence-corrected chi connectivity index (χ2v) is 12.1. The summed E-state index contributed by atoms with van der Waals surface area (Å²) in [6, 6.07) is 2.77. The third-order valence-electron chi connectivity index (χ3n) is 9.11. The number of carbonyl (C=O) groups is 1. The number of carbonyl (C=O) groups excluding carboxylic acids is 1. The lowest BCUT2D eigenvalue weighted by molar-refractivity contribution is -0.132. The van der Waals surface area contributed by atoms with Crippen molar-refractivity contribution in [2.75, 3.05) is 11.4 Å². The summed E-state index contributed by atoms with van der Waals surface area (Å²) < 4.78 is 0. The van der Waals surface area contributed by atoms with Gasteiger partial charge in [-0.3, -0.25) is 4.79 Å². The molecule has 4 fully saturated rings. The van der Waals surface area contributed by atoms with Crippen LogP contribution in [0.5, 0.6) is 0 Å². The van der Waals surface area contributed by atoms with Crippen molar-refractivity contribution in [1.29, 1.82) is 0 Å². The Hall–Kier alpha value is -1.65. The lowest BCUT2D eigenvalue weighted by Gasteiger charge is -2.64. The van der Waals surface area contributed by atoms with Crippen LogP contribution >= 0.6 is 0 Å². The fourth-order valence-corrected chi connectivity index (χ4v) is 7.15. The van der Waals surface area contributed by atoms with Crippen molar-refractivity contribution in [3.8, 4) is 0 Å². The average molecular weight is 439 g/mol. The number of aromatic nitrogens is 2. The van der Waals surface area contributed by atoms with E-state index in [0.29, 0.717) is 23.8 Å². The number of hydrogen-bond donors (Lipinski definition) is 1. The molecule has 3 aliphatic carbocycles. The molecule has 32 heavy (non-hydrogen) atoms. The zero-order valence-corrected chi connectivity index (χ0v) is 20.7. The van der Waals surface area contributed by atoms with E-state index < -0.39 is 0 Å². The van der Waals surface area contributed by atoms with E-state index in [-0.39, 0.29) is 17.4 Å². The minimum Gasteiger partial charge on any atom is -0.352 e. The van der Waals surface area contributed by atoms with Crippen LogP contribution in [-0.2, 0) is 4.79 Å². The van der Waals surface area contributed by atoms with Crippen molar-refractivity contribution < 1.29 is 4.79 Å². The van der Waals surface area contributed by atoms with Gasteiger partial charge in [-0.25, -0.2) is 9.97 Å². The van der Waals surface area contributed by atoms with Crippen LogP contribution in [0.2, 0.25) is 0 Å². The third-order valence-corrected chi connectivity index (χ3v) is 9.11. The molecule has 176 valence electrons. The van der Waals surface area contributed by atoms with Crippen LogP contribution in [0.15, 0.2) is 6.07 Å². The lowest BCUT2D eigenvalue weighted by Crippen LogP contribution is -2.75. The molecule has 0 bridgehead atoms. The molecule has 1 aliphatic heterocycles. The van der Waals surface area contributed by atoms with Crippen molar-refractivity contribution in [3.05, 3.63) is 17.5 Å². The van der Waals surface area contributed by atoms with Crippen molar-refractivity contribution in [2.24, 2.45) is 29.1 Å². The van der Waals surface area contributed by atoms with Crippen LogP contribution in [0.4, 0.5) is 5.95 Å². The maximum absolute atomic E-state index is 13.2. The zero-order chi connectivity index (χ0) is 22.6. The van der Waals surface area contributed by atoms with Gasteiger partial charge in [-0.2, -0.15) is 0 Å². The van der Waals surface area contributed by atoms with Crippen LogP contribution in [0.25, 0.3) is 0 Å². The molecule has 0 spiro atoms. The summed E-state index contributed by atoms with van der Waals surface area (Å²) in [5.74, 6) is 4.22. The summed E-state index contributed by atoms with van der Waals surface area (Å²) in [6.45, 7) is 12.1. The highest BCUT2D eigenvalue weighted by atomic mass is 16.2. The molecule has 1 amide bonds. The summed E-state index contributed by atoms with van der Waals surface area (Å²) in [7, 11) is 0. The molecule has 3 atom stereocenters. The lowest BCUT2D eigenvalue weighted by atomic mass is 9.52. The number of piperidine rings is 1. The molecule has 3 saturated carbocycles. The normalized spacial score (nSPS) is 34.1. The summed E-state index contributed by atoms with van der Waals surface area (Å²) in [5, 5.41) is 3.54. The number of rotatable bonds is 5. The van der Waals surface area contributed by atoms with Gasteiger partial charge in [0.2, 0.25) is 11.9 Å². The topological polar surface area (TPSA) is 58.1 Å². The molecule has 1 aromatic rings. The molecule has 1 saturated heterocycles.